The Morgan fingerprint density at radius 2 is 2.09 bits per heavy atom. The first-order valence-electron chi connectivity index (χ1n) is 8.02. The highest BCUT2D eigenvalue weighted by molar-refractivity contribution is 5.45. The summed E-state index contributed by atoms with van der Waals surface area (Å²) in [6.45, 7) is 9.44. The number of aryl methyl sites for hydroxylation is 2. The third kappa shape index (κ3) is 5.10. The molecule has 5 nitrogen and oxygen atoms in total. The molecule has 0 aliphatic carbocycles. The Bertz CT molecular complexity index is 694. The van der Waals surface area contributed by atoms with Gasteiger partial charge in [-0.25, -0.2) is 9.67 Å². The van der Waals surface area contributed by atoms with E-state index >= 15 is 0 Å². The number of nitrogens with one attached hydrogen (secondary N) is 1. The van der Waals surface area contributed by atoms with E-state index in [0.29, 0.717) is 0 Å². The van der Waals surface area contributed by atoms with Gasteiger partial charge in [-0.3, -0.25) is 0 Å². The van der Waals surface area contributed by atoms with Crippen molar-refractivity contribution >= 4 is 5.69 Å². The average Bonchev–Trinajstić information content (AvgIpc) is 2.82. The van der Waals surface area contributed by atoms with Gasteiger partial charge in [0.15, 0.2) is 0 Å². The summed E-state index contributed by atoms with van der Waals surface area (Å²) in [7, 11) is 0. The molecular weight excluding hydrogens is 286 g/mol. The minimum atomic E-state index is -0.244. The normalized spacial score (nSPS) is 11.3. The van der Waals surface area contributed by atoms with Crippen LogP contribution in [0.2, 0.25) is 0 Å². The summed E-state index contributed by atoms with van der Waals surface area (Å²) in [5.74, 6) is 1.73. The van der Waals surface area contributed by atoms with E-state index in [1.807, 2.05) is 32.4 Å². The van der Waals surface area contributed by atoms with Crippen molar-refractivity contribution in [2.75, 3.05) is 11.9 Å². The van der Waals surface area contributed by atoms with Gasteiger partial charge in [0.25, 0.3) is 0 Å². The van der Waals surface area contributed by atoms with Crippen LogP contribution < -0.4 is 5.32 Å². The molecule has 0 bridgehead atoms. The molecule has 0 saturated heterocycles. The quantitative estimate of drug-likeness (QED) is 0.792. The van der Waals surface area contributed by atoms with Gasteiger partial charge in [-0.1, -0.05) is 12.1 Å². The topological polar surface area (TPSA) is 66.5 Å². The van der Waals surface area contributed by atoms with Gasteiger partial charge in [-0.05, 0) is 58.2 Å². The maximum Gasteiger partial charge on any atom is 0.147 e. The molecule has 5 heteroatoms. The lowest BCUT2D eigenvalue weighted by atomic mass is 9.90. The lowest BCUT2D eigenvalue weighted by Crippen LogP contribution is -2.11. The summed E-state index contributed by atoms with van der Waals surface area (Å²) >= 11 is 0. The fourth-order valence-electron chi connectivity index (χ4n) is 2.48. The van der Waals surface area contributed by atoms with E-state index in [-0.39, 0.29) is 5.41 Å². The first kappa shape index (κ1) is 17.0. The average molecular weight is 311 g/mol. The van der Waals surface area contributed by atoms with E-state index < -0.39 is 0 Å². The van der Waals surface area contributed by atoms with Crippen LogP contribution in [0.25, 0.3) is 0 Å². The molecule has 122 valence electrons. The Hall–Kier alpha value is -2.35. The predicted molar refractivity (Wildman–Crippen MR) is 92.2 cm³/mol. The first-order valence-corrected chi connectivity index (χ1v) is 8.02. The van der Waals surface area contributed by atoms with Gasteiger partial charge in [-0.2, -0.15) is 10.4 Å². The Balaban J connectivity index is 1.90. The van der Waals surface area contributed by atoms with Crippen LogP contribution >= 0.6 is 0 Å². The van der Waals surface area contributed by atoms with Crippen LogP contribution in [0.15, 0.2) is 24.3 Å². The minimum Gasteiger partial charge on any atom is -0.385 e. The van der Waals surface area contributed by atoms with Gasteiger partial charge in [0, 0.05) is 12.2 Å². The summed E-state index contributed by atoms with van der Waals surface area (Å²) in [5.41, 5.74) is 2.05. The molecule has 2 rings (SSSR count). The number of hydrogen-bond acceptors (Lipinski definition) is 4. The van der Waals surface area contributed by atoms with Crippen molar-refractivity contribution in [2.45, 2.75) is 47.1 Å². The maximum atomic E-state index is 9.03. The Labute approximate surface area is 138 Å². The van der Waals surface area contributed by atoms with Crippen LogP contribution in [-0.4, -0.2) is 21.3 Å². The minimum absolute atomic E-state index is 0.244. The number of nitriles is 1. The third-order valence-corrected chi connectivity index (χ3v) is 3.83. The van der Waals surface area contributed by atoms with E-state index in [9.17, 15) is 0 Å². The number of hydrogen-bond donors (Lipinski definition) is 1. The van der Waals surface area contributed by atoms with Crippen molar-refractivity contribution in [2.24, 2.45) is 5.41 Å². The highest BCUT2D eigenvalue weighted by Gasteiger charge is 2.15. The molecule has 23 heavy (non-hydrogen) atoms. The second-order valence-electron chi connectivity index (χ2n) is 6.59. The summed E-state index contributed by atoms with van der Waals surface area (Å²) in [6.07, 6.45) is 1.87. The molecule has 0 unspecified atom stereocenters. The second-order valence-corrected chi connectivity index (χ2v) is 6.59. The molecule has 0 saturated carbocycles. The molecule has 2 aromatic rings. The van der Waals surface area contributed by atoms with Gasteiger partial charge >= 0.3 is 0 Å². The smallest absolute Gasteiger partial charge is 0.147 e. The van der Waals surface area contributed by atoms with Crippen LogP contribution in [0, 0.1) is 30.6 Å². The highest BCUT2D eigenvalue weighted by Crippen LogP contribution is 2.20. The van der Waals surface area contributed by atoms with E-state index in [1.54, 1.807) is 0 Å². The molecule has 0 atom stereocenters. The van der Waals surface area contributed by atoms with Crippen molar-refractivity contribution in [1.82, 2.24) is 14.8 Å². The number of anilines is 1. The van der Waals surface area contributed by atoms with Crippen LogP contribution in [0.1, 0.15) is 43.9 Å². The molecule has 0 radical (unpaired) electrons. The largest absolute Gasteiger partial charge is 0.385 e. The van der Waals surface area contributed by atoms with Gasteiger partial charge in [0.2, 0.25) is 0 Å². The summed E-state index contributed by atoms with van der Waals surface area (Å²) in [6, 6.07) is 10.7. The Morgan fingerprint density at radius 3 is 2.74 bits per heavy atom. The molecule has 1 N–H and O–H groups in total. The van der Waals surface area contributed by atoms with Crippen molar-refractivity contribution in [3.63, 3.8) is 0 Å². The van der Waals surface area contributed by atoms with Gasteiger partial charge in [0.05, 0.1) is 18.0 Å². The van der Waals surface area contributed by atoms with E-state index in [4.69, 9.17) is 5.26 Å². The van der Waals surface area contributed by atoms with Crippen molar-refractivity contribution in [3.05, 3.63) is 41.5 Å². The van der Waals surface area contributed by atoms with Gasteiger partial charge in [-0.15, -0.1) is 0 Å². The molecule has 0 spiro atoms. The zero-order valence-electron chi connectivity index (χ0n) is 14.4. The van der Waals surface area contributed by atoms with E-state index in [1.165, 1.54) is 5.56 Å². The standard InChI is InChI=1S/C18H25N5/c1-14-21-15(2)23(22-14)12-16-7-5-8-17(11-16)20-10-6-9-18(3,4)13-19/h5,7-8,11,20H,6,9-10,12H2,1-4H3. The van der Waals surface area contributed by atoms with Crippen LogP contribution in [0.5, 0.6) is 0 Å². The van der Waals surface area contributed by atoms with Crippen LogP contribution in [-0.2, 0) is 6.54 Å². The van der Waals surface area contributed by atoms with Crippen molar-refractivity contribution < 1.29 is 0 Å². The number of aromatic nitrogens is 3. The van der Waals surface area contributed by atoms with Crippen molar-refractivity contribution in [3.8, 4) is 6.07 Å². The number of rotatable bonds is 7. The molecule has 1 aromatic heterocycles. The fraction of sp³-hybridized carbons (Fsp3) is 0.500. The molecule has 0 aliphatic rings. The summed E-state index contributed by atoms with van der Waals surface area (Å²) in [4.78, 5) is 4.33. The van der Waals surface area contributed by atoms with E-state index in [0.717, 1.165) is 43.3 Å². The zero-order valence-corrected chi connectivity index (χ0v) is 14.4. The number of nitrogens with zero attached hydrogens (tertiary/aromatic N) is 4. The Kier molecular flexibility index (Phi) is 5.38. The lowest BCUT2D eigenvalue weighted by Gasteiger charge is -2.15. The maximum absolute atomic E-state index is 9.03. The highest BCUT2D eigenvalue weighted by atomic mass is 15.3. The van der Waals surface area contributed by atoms with Crippen LogP contribution in [0.3, 0.4) is 0 Å². The third-order valence-electron chi connectivity index (χ3n) is 3.83. The lowest BCUT2D eigenvalue weighted by molar-refractivity contribution is 0.441. The molecule has 0 amide bonds. The van der Waals surface area contributed by atoms with E-state index in [2.05, 4.69) is 45.7 Å². The monoisotopic (exact) mass is 311 g/mol. The van der Waals surface area contributed by atoms with Crippen LogP contribution in [0.4, 0.5) is 5.69 Å². The second kappa shape index (κ2) is 7.28. The zero-order chi connectivity index (χ0) is 16.9. The predicted octanol–water partition coefficient (Wildman–Crippen LogP) is 3.69. The SMILES string of the molecule is Cc1nc(C)n(Cc2cccc(NCCCC(C)(C)C#N)c2)n1. The molecule has 1 aromatic carbocycles. The summed E-state index contributed by atoms with van der Waals surface area (Å²) < 4.78 is 1.92. The fourth-order valence-corrected chi connectivity index (χ4v) is 2.48. The van der Waals surface area contributed by atoms with Crippen molar-refractivity contribution in [1.29, 1.82) is 5.26 Å². The van der Waals surface area contributed by atoms with Gasteiger partial charge in [0.1, 0.15) is 11.6 Å². The first-order chi connectivity index (χ1) is 10.9. The molecule has 0 aliphatic heterocycles. The number of benzene rings is 1. The molecule has 0 fully saturated rings. The Morgan fingerprint density at radius 1 is 1.30 bits per heavy atom. The molecule has 1 heterocycles. The summed E-state index contributed by atoms with van der Waals surface area (Å²) in [5, 5.41) is 16.9. The van der Waals surface area contributed by atoms with Gasteiger partial charge < -0.3 is 5.32 Å². The molecular formula is C18H25N5.